The molecule has 1 N–H and O–H groups in total. The lowest BCUT2D eigenvalue weighted by atomic mass is 10.2. The molecule has 1 aliphatic carbocycles. The van der Waals surface area contributed by atoms with Gasteiger partial charge in [0.15, 0.2) is 5.13 Å². The van der Waals surface area contributed by atoms with Gasteiger partial charge in [0.1, 0.15) is 0 Å². The average Bonchev–Trinajstić information content (AvgIpc) is 3.20. The summed E-state index contributed by atoms with van der Waals surface area (Å²) in [7, 11) is 0. The van der Waals surface area contributed by atoms with E-state index in [1.165, 1.54) is 16.2 Å². The third kappa shape index (κ3) is 4.61. The fourth-order valence-electron chi connectivity index (χ4n) is 2.84. The van der Waals surface area contributed by atoms with Crippen molar-refractivity contribution in [1.29, 1.82) is 0 Å². The molecule has 0 aliphatic heterocycles. The van der Waals surface area contributed by atoms with Gasteiger partial charge in [-0.25, -0.2) is 4.98 Å². The first-order valence-corrected chi connectivity index (χ1v) is 10.6. The Bertz CT molecular complexity index is 918. The normalized spacial score (nSPS) is 13.3. The summed E-state index contributed by atoms with van der Waals surface area (Å²) in [6.07, 6.45) is 2.42. The molecule has 1 fully saturated rings. The number of nitrogens with one attached hydrogen (secondary N) is 1. The minimum absolute atomic E-state index is 0.0946. The van der Waals surface area contributed by atoms with Crippen LogP contribution in [-0.4, -0.2) is 27.7 Å². The molecule has 2 aromatic heterocycles. The van der Waals surface area contributed by atoms with Gasteiger partial charge in [-0.1, -0.05) is 24.3 Å². The number of amides is 2. The van der Waals surface area contributed by atoms with Crippen molar-refractivity contribution in [3.8, 4) is 0 Å². The highest BCUT2D eigenvalue weighted by molar-refractivity contribution is 7.14. The molecule has 0 atom stereocenters. The van der Waals surface area contributed by atoms with Crippen LogP contribution in [0.4, 0.5) is 5.13 Å². The van der Waals surface area contributed by atoms with Crippen molar-refractivity contribution >= 4 is 39.6 Å². The van der Waals surface area contributed by atoms with Gasteiger partial charge in [-0.15, -0.1) is 22.7 Å². The maximum atomic E-state index is 12.8. The molecule has 27 heavy (non-hydrogen) atoms. The zero-order valence-corrected chi connectivity index (χ0v) is 16.3. The molecule has 7 heteroatoms. The fraction of sp³-hybridized carbons (Fsp3) is 0.250. The Balaban J connectivity index is 1.38. The van der Waals surface area contributed by atoms with Crippen LogP contribution in [-0.2, 0) is 17.8 Å². The van der Waals surface area contributed by atoms with Gasteiger partial charge in [-0.2, -0.15) is 0 Å². The van der Waals surface area contributed by atoms with E-state index < -0.39 is 0 Å². The maximum absolute atomic E-state index is 12.8. The lowest BCUT2D eigenvalue weighted by Gasteiger charge is -2.21. The third-order valence-electron chi connectivity index (χ3n) is 4.35. The van der Waals surface area contributed by atoms with Gasteiger partial charge in [0.25, 0.3) is 5.91 Å². The number of carbonyl (C=O) groups excluding carboxylic acids is 2. The van der Waals surface area contributed by atoms with E-state index in [2.05, 4.69) is 16.4 Å². The smallest absolute Gasteiger partial charge is 0.257 e. The number of hydrogen-bond acceptors (Lipinski definition) is 5. The molecular weight excluding hydrogens is 378 g/mol. The molecule has 0 saturated heterocycles. The van der Waals surface area contributed by atoms with Crippen LogP contribution in [0.5, 0.6) is 0 Å². The molecular formula is C20H19N3O2S2. The number of anilines is 1. The topological polar surface area (TPSA) is 62.3 Å². The van der Waals surface area contributed by atoms with Crippen molar-refractivity contribution in [3.05, 3.63) is 69.4 Å². The fourth-order valence-corrected chi connectivity index (χ4v) is 4.25. The number of aromatic nitrogens is 1. The van der Waals surface area contributed by atoms with Gasteiger partial charge in [-0.05, 0) is 36.4 Å². The van der Waals surface area contributed by atoms with E-state index in [4.69, 9.17) is 0 Å². The Morgan fingerprint density at radius 2 is 1.93 bits per heavy atom. The molecule has 5 nitrogen and oxygen atoms in total. The van der Waals surface area contributed by atoms with Gasteiger partial charge >= 0.3 is 0 Å². The predicted molar refractivity (Wildman–Crippen MR) is 108 cm³/mol. The van der Waals surface area contributed by atoms with E-state index in [1.54, 1.807) is 23.5 Å². The number of benzene rings is 1. The Kier molecular flexibility index (Phi) is 5.31. The standard InChI is InChI=1S/C20H19N3O2S2/c24-18(23(16-8-9-16)12-17-7-4-10-26-17)11-15-13-27-20(21-15)22-19(25)14-5-2-1-3-6-14/h1-7,10,13,16H,8-9,11-12H2,(H,21,22,25). The summed E-state index contributed by atoms with van der Waals surface area (Å²) in [6.45, 7) is 0.670. The van der Waals surface area contributed by atoms with Crippen LogP contribution in [0.2, 0.25) is 0 Å². The predicted octanol–water partition coefficient (Wildman–Crippen LogP) is 4.19. The summed E-state index contributed by atoms with van der Waals surface area (Å²) < 4.78 is 0. The first-order valence-electron chi connectivity index (χ1n) is 8.82. The van der Waals surface area contributed by atoms with Crippen LogP contribution in [0.1, 0.15) is 33.8 Å². The molecule has 3 aromatic rings. The monoisotopic (exact) mass is 397 g/mol. The summed E-state index contributed by atoms with van der Waals surface area (Å²) in [5.74, 6) is -0.0998. The van der Waals surface area contributed by atoms with E-state index in [0.717, 1.165) is 12.8 Å². The average molecular weight is 398 g/mol. The van der Waals surface area contributed by atoms with Crippen molar-refractivity contribution < 1.29 is 9.59 Å². The highest BCUT2D eigenvalue weighted by Crippen LogP contribution is 2.30. The number of carbonyl (C=O) groups is 2. The lowest BCUT2D eigenvalue weighted by molar-refractivity contribution is -0.131. The highest BCUT2D eigenvalue weighted by atomic mass is 32.1. The Morgan fingerprint density at radius 1 is 1.11 bits per heavy atom. The van der Waals surface area contributed by atoms with Crippen molar-refractivity contribution in [2.75, 3.05) is 5.32 Å². The Hall–Kier alpha value is -2.51. The van der Waals surface area contributed by atoms with Crippen LogP contribution < -0.4 is 5.32 Å². The molecule has 0 unspecified atom stereocenters. The lowest BCUT2D eigenvalue weighted by Crippen LogP contribution is -2.33. The zero-order chi connectivity index (χ0) is 18.6. The molecule has 1 aliphatic rings. The Labute approximate surface area is 165 Å². The van der Waals surface area contributed by atoms with E-state index in [1.807, 2.05) is 39.9 Å². The minimum Gasteiger partial charge on any atom is -0.334 e. The van der Waals surface area contributed by atoms with Crippen LogP contribution in [0.15, 0.2) is 53.2 Å². The summed E-state index contributed by atoms with van der Waals surface area (Å²) in [6, 6.07) is 13.4. The first kappa shape index (κ1) is 17.9. The quantitative estimate of drug-likeness (QED) is 0.650. The minimum atomic E-state index is -0.194. The van der Waals surface area contributed by atoms with Crippen LogP contribution >= 0.6 is 22.7 Å². The number of hydrogen-bond donors (Lipinski definition) is 1. The van der Waals surface area contributed by atoms with Gasteiger partial charge < -0.3 is 4.90 Å². The van der Waals surface area contributed by atoms with Gasteiger partial charge in [0.05, 0.1) is 18.7 Å². The zero-order valence-electron chi connectivity index (χ0n) is 14.6. The van der Waals surface area contributed by atoms with Crippen molar-refractivity contribution in [2.45, 2.75) is 31.8 Å². The van der Waals surface area contributed by atoms with Crippen LogP contribution in [0.25, 0.3) is 0 Å². The molecule has 2 heterocycles. The summed E-state index contributed by atoms with van der Waals surface area (Å²) in [5, 5.41) is 7.19. The summed E-state index contributed by atoms with van der Waals surface area (Å²) >= 11 is 3.02. The largest absolute Gasteiger partial charge is 0.334 e. The summed E-state index contributed by atoms with van der Waals surface area (Å²) in [4.78, 5) is 32.6. The molecule has 138 valence electrons. The van der Waals surface area contributed by atoms with Gasteiger partial charge in [0, 0.05) is 21.9 Å². The number of nitrogens with zero attached hydrogens (tertiary/aromatic N) is 2. The second kappa shape index (κ2) is 8.02. The van der Waals surface area contributed by atoms with Crippen molar-refractivity contribution in [2.24, 2.45) is 0 Å². The SMILES string of the molecule is O=C(Nc1nc(CC(=O)N(Cc2cccs2)C2CC2)cs1)c1ccccc1. The van der Waals surface area contributed by atoms with Gasteiger partial charge in [-0.3, -0.25) is 14.9 Å². The van der Waals surface area contributed by atoms with Gasteiger partial charge in [0.2, 0.25) is 5.91 Å². The van der Waals surface area contributed by atoms with Crippen LogP contribution in [0.3, 0.4) is 0 Å². The second-order valence-electron chi connectivity index (χ2n) is 6.47. The molecule has 1 aromatic carbocycles. The van der Waals surface area contributed by atoms with Crippen LogP contribution in [0, 0.1) is 0 Å². The van der Waals surface area contributed by atoms with E-state index in [0.29, 0.717) is 29.0 Å². The molecule has 0 bridgehead atoms. The maximum Gasteiger partial charge on any atom is 0.257 e. The summed E-state index contributed by atoms with van der Waals surface area (Å²) in [5.41, 5.74) is 1.28. The molecule has 4 rings (SSSR count). The first-order chi connectivity index (χ1) is 13.2. The van der Waals surface area contributed by atoms with E-state index in [9.17, 15) is 9.59 Å². The number of thiophene rings is 1. The number of rotatable bonds is 7. The van der Waals surface area contributed by atoms with E-state index >= 15 is 0 Å². The molecule has 0 spiro atoms. The van der Waals surface area contributed by atoms with Crippen molar-refractivity contribution in [3.63, 3.8) is 0 Å². The van der Waals surface area contributed by atoms with Crippen molar-refractivity contribution in [1.82, 2.24) is 9.88 Å². The Morgan fingerprint density at radius 3 is 2.63 bits per heavy atom. The number of thiazole rings is 1. The van der Waals surface area contributed by atoms with E-state index in [-0.39, 0.29) is 18.2 Å². The molecule has 2 amide bonds. The molecule has 0 radical (unpaired) electrons. The molecule has 1 saturated carbocycles. The third-order valence-corrected chi connectivity index (χ3v) is 6.02. The highest BCUT2D eigenvalue weighted by Gasteiger charge is 2.32. The second-order valence-corrected chi connectivity index (χ2v) is 8.36.